The molecular formula is C10H10S. The minimum absolute atomic E-state index is 1.35. The molecule has 1 heteroatoms. The van der Waals surface area contributed by atoms with E-state index in [1.807, 2.05) is 11.3 Å². The zero-order valence-electron chi connectivity index (χ0n) is 6.72. The molecule has 1 aromatic heterocycles. The second kappa shape index (κ2) is 2.35. The third-order valence-electron chi connectivity index (χ3n) is 1.95. The first-order valence-electron chi connectivity index (χ1n) is 3.72. The molecule has 0 amide bonds. The van der Waals surface area contributed by atoms with Crippen LogP contribution in [0.3, 0.4) is 0 Å². The van der Waals surface area contributed by atoms with Crippen molar-refractivity contribution < 1.29 is 0 Å². The van der Waals surface area contributed by atoms with Crippen LogP contribution < -0.4 is 0 Å². The zero-order valence-corrected chi connectivity index (χ0v) is 7.53. The van der Waals surface area contributed by atoms with Gasteiger partial charge in [-0.2, -0.15) is 0 Å². The van der Waals surface area contributed by atoms with E-state index >= 15 is 0 Å². The van der Waals surface area contributed by atoms with Crippen LogP contribution in [-0.2, 0) is 0 Å². The SMILES string of the molecule is Cc1ccc2csc(C)c2c1. The number of rotatable bonds is 0. The van der Waals surface area contributed by atoms with Gasteiger partial charge in [-0.15, -0.1) is 11.3 Å². The molecule has 1 heterocycles. The van der Waals surface area contributed by atoms with Crippen molar-refractivity contribution in [1.82, 2.24) is 0 Å². The third kappa shape index (κ3) is 1.05. The molecule has 0 spiro atoms. The summed E-state index contributed by atoms with van der Waals surface area (Å²) in [6, 6.07) is 6.60. The average Bonchev–Trinajstić information content (AvgIpc) is 2.33. The van der Waals surface area contributed by atoms with Gasteiger partial charge in [0.1, 0.15) is 0 Å². The van der Waals surface area contributed by atoms with Gasteiger partial charge >= 0.3 is 0 Å². The highest BCUT2D eigenvalue weighted by Crippen LogP contribution is 2.25. The van der Waals surface area contributed by atoms with Crippen LogP contribution in [0.2, 0.25) is 0 Å². The van der Waals surface area contributed by atoms with Gasteiger partial charge in [0, 0.05) is 4.88 Å². The van der Waals surface area contributed by atoms with Crippen LogP contribution in [-0.4, -0.2) is 0 Å². The molecule has 0 bridgehead atoms. The van der Waals surface area contributed by atoms with Gasteiger partial charge in [0.05, 0.1) is 0 Å². The zero-order chi connectivity index (χ0) is 7.84. The Morgan fingerprint density at radius 2 is 2.00 bits per heavy atom. The number of fused-ring (bicyclic) bond motifs is 1. The van der Waals surface area contributed by atoms with Crippen LogP contribution in [0, 0.1) is 13.8 Å². The Bertz CT molecular complexity index is 385. The predicted octanol–water partition coefficient (Wildman–Crippen LogP) is 3.52. The quantitative estimate of drug-likeness (QED) is 0.556. The van der Waals surface area contributed by atoms with Crippen molar-refractivity contribution in [2.24, 2.45) is 0 Å². The fourth-order valence-corrected chi connectivity index (χ4v) is 2.11. The van der Waals surface area contributed by atoms with Crippen molar-refractivity contribution in [3.05, 3.63) is 34.0 Å². The highest BCUT2D eigenvalue weighted by Gasteiger charge is 1.97. The lowest BCUT2D eigenvalue weighted by Gasteiger charge is -1.93. The molecule has 0 atom stereocenters. The standard InChI is InChI=1S/C10H10S/c1-7-3-4-9-6-11-8(2)10(9)5-7/h3-6H,1-2H3. The first-order chi connectivity index (χ1) is 5.27. The molecule has 0 fully saturated rings. The monoisotopic (exact) mass is 162 g/mol. The lowest BCUT2D eigenvalue weighted by Crippen LogP contribution is -1.70. The molecule has 0 radical (unpaired) electrons. The molecule has 11 heavy (non-hydrogen) atoms. The van der Waals surface area contributed by atoms with E-state index in [1.54, 1.807) is 0 Å². The van der Waals surface area contributed by atoms with Crippen LogP contribution in [0.25, 0.3) is 10.8 Å². The molecule has 0 saturated carbocycles. The second-order valence-corrected chi connectivity index (χ2v) is 3.97. The van der Waals surface area contributed by atoms with Gasteiger partial charge in [-0.1, -0.05) is 23.8 Å². The largest absolute Gasteiger partial charge is 0.148 e. The Hall–Kier alpha value is -0.820. The summed E-state index contributed by atoms with van der Waals surface area (Å²) in [7, 11) is 0. The van der Waals surface area contributed by atoms with Crippen molar-refractivity contribution in [3.63, 3.8) is 0 Å². The van der Waals surface area contributed by atoms with E-state index in [2.05, 4.69) is 37.4 Å². The van der Waals surface area contributed by atoms with Crippen molar-refractivity contribution in [3.8, 4) is 0 Å². The van der Waals surface area contributed by atoms with E-state index in [-0.39, 0.29) is 0 Å². The molecule has 0 saturated heterocycles. The number of hydrogen-bond acceptors (Lipinski definition) is 1. The van der Waals surface area contributed by atoms with Crippen LogP contribution in [0.5, 0.6) is 0 Å². The molecule has 2 rings (SSSR count). The highest BCUT2D eigenvalue weighted by molar-refractivity contribution is 7.11. The molecule has 0 nitrogen and oxygen atoms in total. The Morgan fingerprint density at radius 1 is 1.18 bits per heavy atom. The maximum atomic E-state index is 2.25. The molecular weight excluding hydrogens is 152 g/mol. The Kier molecular flexibility index (Phi) is 1.46. The van der Waals surface area contributed by atoms with Crippen LogP contribution >= 0.6 is 11.3 Å². The van der Waals surface area contributed by atoms with Gasteiger partial charge < -0.3 is 0 Å². The molecule has 0 aliphatic carbocycles. The molecule has 0 unspecified atom stereocenters. The first-order valence-corrected chi connectivity index (χ1v) is 4.60. The van der Waals surface area contributed by atoms with E-state index in [4.69, 9.17) is 0 Å². The second-order valence-electron chi connectivity index (χ2n) is 2.88. The van der Waals surface area contributed by atoms with E-state index < -0.39 is 0 Å². The van der Waals surface area contributed by atoms with Crippen molar-refractivity contribution in [2.45, 2.75) is 13.8 Å². The van der Waals surface area contributed by atoms with Crippen molar-refractivity contribution in [1.29, 1.82) is 0 Å². The summed E-state index contributed by atoms with van der Waals surface area (Å²) < 4.78 is 0. The van der Waals surface area contributed by atoms with Gasteiger partial charge in [-0.05, 0) is 30.0 Å². The Morgan fingerprint density at radius 3 is 2.82 bits per heavy atom. The first kappa shape index (κ1) is 6.86. The van der Waals surface area contributed by atoms with Gasteiger partial charge in [-0.25, -0.2) is 0 Å². The molecule has 1 aromatic carbocycles. The number of benzene rings is 1. The van der Waals surface area contributed by atoms with Crippen LogP contribution in [0.4, 0.5) is 0 Å². The van der Waals surface area contributed by atoms with Gasteiger partial charge in [0.15, 0.2) is 0 Å². The predicted molar refractivity (Wildman–Crippen MR) is 51.3 cm³/mol. The van der Waals surface area contributed by atoms with E-state index in [0.29, 0.717) is 0 Å². The van der Waals surface area contributed by atoms with Crippen molar-refractivity contribution >= 4 is 22.1 Å². The normalized spacial score (nSPS) is 10.7. The molecule has 0 aliphatic heterocycles. The minimum atomic E-state index is 1.35. The van der Waals surface area contributed by atoms with Gasteiger partial charge in [-0.3, -0.25) is 0 Å². The maximum Gasteiger partial charge on any atom is 0.00928 e. The Labute approximate surface area is 70.5 Å². The number of thiophene rings is 1. The van der Waals surface area contributed by atoms with Crippen LogP contribution in [0.15, 0.2) is 23.6 Å². The summed E-state index contributed by atoms with van der Waals surface area (Å²) in [5.41, 5.74) is 1.35. The fourth-order valence-electron chi connectivity index (χ4n) is 1.29. The summed E-state index contributed by atoms with van der Waals surface area (Å²) in [4.78, 5) is 1.42. The minimum Gasteiger partial charge on any atom is -0.148 e. The fraction of sp³-hybridized carbons (Fsp3) is 0.200. The van der Waals surface area contributed by atoms with Gasteiger partial charge in [0.2, 0.25) is 0 Å². The van der Waals surface area contributed by atoms with E-state index in [9.17, 15) is 0 Å². The average molecular weight is 162 g/mol. The smallest absolute Gasteiger partial charge is 0.00928 e. The maximum absolute atomic E-state index is 2.25. The van der Waals surface area contributed by atoms with E-state index in [1.165, 1.54) is 21.2 Å². The highest BCUT2D eigenvalue weighted by atomic mass is 32.1. The summed E-state index contributed by atoms with van der Waals surface area (Å²) in [6.45, 7) is 4.31. The van der Waals surface area contributed by atoms with E-state index in [0.717, 1.165) is 0 Å². The summed E-state index contributed by atoms with van der Waals surface area (Å²) in [5.74, 6) is 0. The molecule has 0 N–H and O–H groups in total. The van der Waals surface area contributed by atoms with Crippen LogP contribution in [0.1, 0.15) is 10.4 Å². The lowest BCUT2D eigenvalue weighted by molar-refractivity contribution is 1.50. The van der Waals surface area contributed by atoms with Crippen molar-refractivity contribution in [2.75, 3.05) is 0 Å². The lowest BCUT2D eigenvalue weighted by atomic mass is 10.1. The Balaban J connectivity index is 2.87. The van der Waals surface area contributed by atoms with Gasteiger partial charge in [0.25, 0.3) is 0 Å². The molecule has 0 aliphatic rings. The molecule has 2 aromatic rings. The number of aryl methyl sites for hydroxylation is 2. The summed E-state index contributed by atoms with van der Waals surface area (Å²) in [6.07, 6.45) is 0. The summed E-state index contributed by atoms with van der Waals surface area (Å²) in [5, 5.41) is 5.00. The molecule has 56 valence electrons. The topological polar surface area (TPSA) is 0 Å². The number of hydrogen-bond donors (Lipinski definition) is 0. The summed E-state index contributed by atoms with van der Waals surface area (Å²) >= 11 is 1.83. The third-order valence-corrected chi connectivity index (χ3v) is 2.90.